The molecule has 1 aromatic carbocycles. The van der Waals surface area contributed by atoms with Gasteiger partial charge >= 0.3 is 0 Å². The summed E-state index contributed by atoms with van der Waals surface area (Å²) in [5.74, 6) is -0.476. The topological polar surface area (TPSA) is 53.8 Å². The average Bonchev–Trinajstić information content (AvgIpc) is 2.46. The molecule has 0 radical (unpaired) electrons. The molecule has 2 rings (SSSR count). The number of nitrogens with zero attached hydrogens (tertiary/aromatic N) is 2. The van der Waals surface area contributed by atoms with E-state index in [-0.39, 0.29) is 12.2 Å². The quantitative estimate of drug-likeness (QED) is 0.782. The highest BCUT2D eigenvalue weighted by molar-refractivity contribution is 6.00. The fourth-order valence-corrected chi connectivity index (χ4v) is 1.95. The lowest BCUT2D eigenvalue weighted by atomic mass is 9.89. The van der Waals surface area contributed by atoms with E-state index in [4.69, 9.17) is 5.26 Å². The number of aryl methyl sites for hydroxylation is 1. The highest BCUT2D eigenvalue weighted by Gasteiger charge is 2.21. The van der Waals surface area contributed by atoms with Gasteiger partial charge in [-0.2, -0.15) is 5.26 Å². The third-order valence-electron chi connectivity index (χ3n) is 3.01. The van der Waals surface area contributed by atoms with E-state index in [9.17, 15) is 4.79 Å². The van der Waals surface area contributed by atoms with Crippen molar-refractivity contribution in [2.45, 2.75) is 19.3 Å². The molecule has 3 nitrogen and oxygen atoms in total. The maximum Gasteiger partial charge on any atom is 0.172 e. The molecular weight excluding hydrogens is 236 g/mol. The highest BCUT2D eigenvalue weighted by atomic mass is 16.1. The van der Waals surface area contributed by atoms with Crippen LogP contribution < -0.4 is 0 Å². The van der Waals surface area contributed by atoms with Gasteiger partial charge in [0.1, 0.15) is 0 Å². The van der Waals surface area contributed by atoms with Crippen LogP contribution in [0, 0.1) is 18.3 Å². The Hall–Kier alpha value is -2.47. The molecule has 0 saturated heterocycles. The lowest BCUT2D eigenvalue weighted by Gasteiger charge is -2.12. The monoisotopic (exact) mass is 250 g/mol. The van der Waals surface area contributed by atoms with Gasteiger partial charge in [-0.05, 0) is 24.6 Å². The van der Waals surface area contributed by atoms with Crippen molar-refractivity contribution in [3.63, 3.8) is 0 Å². The van der Waals surface area contributed by atoms with Crippen LogP contribution in [0.4, 0.5) is 0 Å². The van der Waals surface area contributed by atoms with E-state index in [1.165, 1.54) is 0 Å². The van der Waals surface area contributed by atoms with E-state index in [1.54, 1.807) is 12.3 Å². The molecule has 0 spiro atoms. The number of hydrogen-bond donors (Lipinski definition) is 0. The molecule has 0 amide bonds. The number of carbonyl (C=O) groups excluding carboxylic acids is 1. The largest absolute Gasteiger partial charge is 0.293 e. The molecule has 1 aromatic heterocycles. The number of benzene rings is 1. The summed E-state index contributed by atoms with van der Waals surface area (Å²) in [6.07, 6.45) is 1.75. The van der Waals surface area contributed by atoms with Gasteiger partial charge in [0, 0.05) is 23.9 Å². The second-order valence-electron chi connectivity index (χ2n) is 4.38. The predicted octanol–water partition coefficient (Wildman–Crippen LogP) is 3.27. The summed E-state index contributed by atoms with van der Waals surface area (Å²) < 4.78 is 0. The number of Topliss-reactive ketones (excluding diaryl/α,β-unsaturated/α-hetero) is 1. The van der Waals surface area contributed by atoms with Crippen LogP contribution in [0.3, 0.4) is 0 Å². The number of nitriles is 1. The second kappa shape index (κ2) is 5.92. The number of pyridine rings is 1. The number of ketones is 1. The molecular formula is C16H14N2O. The Bertz CT molecular complexity index is 597. The van der Waals surface area contributed by atoms with E-state index in [0.717, 1.165) is 11.3 Å². The van der Waals surface area contributed by atoms with Gasteiger partial charge in [-0.1, -0.05) is 30.3 Å². The molecule has 0 aliphatic heterocycles. The molecule has 1 atom stereocenters. The molecule has 0 aliphatic carbocycles. The first-order chi connectivity index (χ1) is 9.22. The van der Waals surface area contributed by atoms with E-state index in [1.807, 2.05) is 43.3 Å². The van der Waals surface area contributed by atoms with E-state index in [2.05, 4.69) is 11.1 Å². The smallest absolute Gasteiger partial charge is 0.172 e. The van der Waals surface area contributed by atoms with E-state index in [0.29, 0.717) is 5.56 Å². The first-order valence-corrected chi connectivity index (χ1v) is 6.11. The maximum atomic E-state index is 12.5. The number of hydrogen-bond acceptors (Lipinski definition) is 3. The SMILES string of the molecule is Cc1ccc(C(=O)C(CC#N)c2ccccc2)cn1. The van der Waals surface area contributed by atoms with Crippen LogP contribution in [0.2, 0.25) is 0 Å². The van der Waals surface area contributed by atoms with Gasteiger partial charge in [0.05, 0.1) is 12.0 Å². The van der Waals surface area contributed by atoms with Gasteiger partial charge in [-0.15, -0.1) is 0 Å². The van der Waals surface area contributed by atoms with Crippen LogP contribution in [0.5, 0.6) is 0 Å². The van der Waals surface area contributed by atoms with Crippen LogP contribution in [0.15, 0.2) is 48.7 Å². The maximum absolute atomic E-state index is 12.5. The summed E-state index contributed by atoms with van der Waals surface area (Å²) >= 11 is 0. The summed E-state index contributed by atoms with van der Waals surface area (Å²) in [6.45, 7) is 1.87. The van der Waals surface area contributed by atoms with E-state index < -0.39 is 5.92 Å². The van der Waals surface area contributed by atoms with Crippen LogP contribution in [-0.4, -0.2) is 10.8 Å². The Balaban J connectivity index is 2.32. The standard InChI is InChI=1S/C16H14N2O/c1-12-7-8-14(11-18-12)16(19)15(9-10-17)13-5-3-2-4-6-13/h2-8,11,15H,9H2,1H3. The predicted molar refractivity (Wildman–Crippen MR) is 72.7 cm³/mol. The Kier molecular flexibility index (Phi) is 4.04. The zero-order valence-electron chi connectivity index (χ0n) is 10.7. The van der Waals surface area contributed by atoms with Crippen molar-refractivity contribution in [1.29, 1.82) is 5.26 Å². The van der Waals surface area contributed by atoms with Crippen LogP contribution >= 0.6 is 0 Å². The molecule has 0 saturated carbocycles. The third kappa shape index (κ3) is 3.05. The average molecular weight is 250 g/mol. The minimum Gasteiger partial charge on any atom is -0.293 e. The van der Waals surface area contributed by atoms with Gasteiger partial charge in [0.15, 0.2) is 5.78 Å². The Morgan fingerprint density at radius 2 is 2.00 bits per heavy atom. The Morgan fingerprint density at radius 1 is 1.26 bits per heavy atom. The number of carbonyl (C=O) groups is 1. The van der Waals surface area contributed by atoms with E-state index >= 15 is 0 Å². The minimum absolute atomic E-state index is 0.0553. The molecule has 94 valence electrons. The Morgan fingerprint density at radius 3 is 2.58 bits per heavy atom. The van der Waals surface area contributed by atoms with Crippen LogP contribution in [0.1, 0.15) is 34.0 Å². The van der Waals surface area contributed by atoms with Crippen molar-refractivity contribution in [1.82, 2.24) is 4.98 Å². The number of rotatable bonds is 4. The lowest BCUT2D eigenvalue weighted by Crippen LogP contribution is -2.13. The van der Waals surface area contributed by atoms with Gasteiger partial charge in [0.2, 0.25) is 0 Å². The molecule has 1 heterocycles. The lowest BCUT2D eigenvalue weighted by molar-refractivity contribution is 0.0960. The van der Waals surface area contributed by atoms with Gasteiger partial charge in [-0.3, -0.25) is 9.78 Å². The molecule has 0 aliphatic rings. The van der Waals surface area contributed by atoms with Crippen molar-refractivity contribution in [2.24, 2.45) is 0 Å². The molecule has 19 heavy (non-hydrogen) atoms. The molecule has 3 heteroatoms. The fraction of sp³-hybridized carbons (Fsp3) is 0.188. The first kappa shape index (κ1) is 13.0. The third-order valence-corrected chi connectivity index (χ3v) is 3.01. The van der Waals surface area contributed by atoms with Crippen molar-refractivity contribution >= 4 is 5.78 Å². The summed E-state index contributed by atoms with van der Waals surface area (Å²) in [5, 5.41) is 8.92. The van der Waals surface area contributed by atoms with Gasteiger partial charge in [-0.25, -0.2) is 0 Å². The summed E-state index contributed by atoms with van der Waals surface area (Å²) in [5.41, 5.74) is 2.29. The van der Waals surface area contributed by atoms with Crippen molar-refractivity contribution in [3.8, 4) is 6.07 Å². The Labute approximate surface area is 112 Å². The van der Waals surface area contributed by atoms with Crippen molar-refractivity contribution in [3.05, 3.63) is 65.5 Å². The van der Waals surface area contributed by atoms with Gasteiger partial charge < -0.3 is 0 Å². The summed E-state index contributed by atoms with van der Waals surface area (Å²) in [4.78, 5) is 16.6. The van der Waals surface area contributed by atoms with Crippen LogP contribution in [0.25, 0.3) is 0 Å². The van der Waals surface area contributed by atoms with Crippen molar-refractivity contribution < 1.29 is 4.79 Å². The molecule has 1 unspecified atom stereocenters. The molecule has 2 aromatic rings. The summed E-state index contributed by atoms with van der Waals surface area (Å²) in [7, 11) is 0. The second-order valence-corrected chi connectivity index (χ2v) is 4.38. The summed E-state index contributed by atoms with van der Waals surface area (Å²) in [6, 6.07) is 15.1. The molecule has 0 bridgehead atoms. The zero-order valence-corrected chi connectivity index (χ0v) is 10.7. The molecule has 0 fully saturated rings. The fourth-order valence-electron chi connectivity index (χ4n) is 1.95. The number of aromatic nitrogens is 1. The van der Waals surface area contributed by atoms with Crippen LogP contribution in [-0.2, 0) is 0 Å². The van der Waals surface area contributed by atoms with Crippen molar-refractivity contribution in [2.75, 3.05) is 0 Å². The van der Waals surface area contributed by atoms with Gasteiger partial charge in [0.25, 0.3) is 0 Å². The molecule has 0 N–H and O–H groups in total. The normalized spacial score (nSPS) is 11.6. The highest BCUT2D eigenvalue weighted by Crippen LogP contribution is 2.23. The minimum atomic E-state index is -0.421. The first-order valence-electron chi connectivity index (χ1n) is 6.11. The zero-order chi connectivity index (χ0) is 13.7.